The van der Waals surface area contributed by atoms with Gasteiger partial charge < -0.3 is 58.8 Å². The average Bonchev–Trinajstić information content (AvgIpc) is 3.31. The summed E-state index contributed by atoms with van der Waals surface area (Å²) in [7, 11) is 2.67. The summed E-state index contributed by atoms with van der Waals surface area (Å²) in [6, 6.07) is 7.56. The molecular formula is C51H75N9O10. The Kier molecular flexibility index (Phi) is 24.6. The van der Waals surface area contributed by atoms with E-state index in [-0.39, 0.29) is 79.3 Å². The molecule has 19 heteroatoms. The lowest BCUT2D eigenvalue weighted by molar-refractivity contribution is -0.134. The van der Waals surface area contributed by atoms with Crippen LogP contribution in [0.4, 0.5) is 0 Å². The number of nitrogens with two attached hydrogens (primary N) is 4. The molecule has 0 fully saturated rings. The third-order valence-corrected chi connectivity index (χ3v) is 12.3. The lowest BCUT2D eigenvalue weighted by atomic mass is 9.89. The zero-order chi connectivity index (χ0) is 51.8. The highest BCUT2D eigenvalue weighted by molar-refractivity contribution is 6.23. The number of ketones is 2. The molecule has 0 aromatic heterocycles. The third-order valence-electron chi connectivity index (χ3n) is 12.3. The number of hydrogen-bond donors (Lipinski definition) is 9. The molecule has 0 unspecified atom stereocenters. The van der Waals surface area contributed by atoms with Crippen LogP contribution < -0.4 is 44.2 Å². The van der Waals surface area contributed by atoms with Crippen LogP contribution in [0.15, 0.2) is 70.1 Å². The van der Waals surface area contributed by atoms with Gasteiger partial charge in [0.05, 0.1) is 14.2 Å². The Labute approximate surface area is 411 Å². The number of benzene rings is 2. The van der Waals surface area contributed by atoms with E-state index < -0.39 is 47.8 Å². The molecule has 0 saturated carbocycles. The fraction of sp³-hybridized carbons (Fsp3) is 0.529. The number of allylic oxidation sites excluding steroid dienone is 2. The summed E-state index contributed by atoms with van der Waals surface area (Å²) in [4.78, 5) is 98.1. The molecule has 2 aromatic carbocycles. The number of unbranched alkanes of at least 4 members (excludes halogenated alkanes) is 7. The molecule has 384 valence electrons. The van der Waals surface area contributed by atoms with E-state index in [1.165, 1.54) is 14.2 Å². The van der Waals surface area contributed by atoms with Crippen molar-refractivity contribution in [2.75, 3.05) is 27.3 Å². The Hall–Kier alpha value is -6.76. The van der Waals surface area contributed by atoms with E-state index in [0.29, 0.717) is 72.9 Å². The summed E-state index contributed by atoms with van der Waals surface area (Å²) in [6.45, 7) is 5.68. The topological polar surface area (TPSA) is 323 Å². The van der Waals surface area contributed by atoms with E-state index in [2.05, 4.69) is 26.3 Å². The van der Waals surface area contributed by atoms with Crippen LogP contribution in [-0.2, 0) is 55.9 Å². The van der Waals surface area contributed by atoms with Gasteiger partial charge in [-0.25, -0.2) is 0 Å². The van der Waals surface area contributed by atoms with E-state index in [1.807, 2.05) is 6.07 Å². The first-order valence-electron chi connectivity index (χ1n) is 24.1. The van der Waals surface area contributed by atoms with E-state index >= 15 is 0 Å². The number of phenols is 1. The molecule has 5 amide bonds. The molecule has 13 N–H and O–H groups in total. The summed E-state index contributed by atoms with van der Waals surface area (Å²) in [6.07, 6.45) is 7.85. The van der Waals surface area contributed by atoms with Crippen LogP contribution in [0.25, 0.3) is 0 Å². The number of carbonyl (C=O) groups is 7. The van der Waals surface area contributed by atoms with Crippen LogP contribution in [0.3, 0.4) is 0 Å². The standard InChI is InChI=1S/C51H75N9O10/c1-31-27-35(61)28-32(2)37(31)30-41(50(68)58-39(22-16-17-25-52)49(67)59-40(47(53)65)29-34-19-12-11-13-20-34)60-48(66)38(23-18-26-56-51(54)55)57-42(62)24-15-10-8-6-7-9-14-21-36-33(3)43(63)45(69-4)46(70-5)44(36)64/h11-13,19-20,27-28,38-41,61H,6-10,14-18,21-26,29-30,52H2,1-5H3,(H2,53,65)(H,57,62)(H,58,68)(H,59,67)(H,60,66)(H4,54,55,56)/t38-,39+,40+,41+/m1/s1. The predicted octanol–water partition coefficient (Wildman–Crippen LogP) is 2.88. The van der Waals surface area contributed by atoms with Gasteiger partial charge in [0.15, 0.2) is 5.96 Å². The van der Waals surface area contributed by atoms with Crippen molar-refractivity contribution in [2.45, 2.75) is 148 Å². The van der Waals surface area contributed by atoms with Gasteiger partial charge in [-0.1, -0.05) is 62.4 Å². The number of aromatic hydroxyl groups is 1. The number of primary amides is 1. The summed E-state index contributed by atoms with van der Waals surface area (Å²) >= 11 is 0. The first-order valence-corrected chi connectivity index (χ1v) is 24.1. The molecule has 0 spiro atoms. The lowest BCUT2D eigenvalue weighted by Crippen LogP contribution is -2.58. The van der Waals surface area contributed by atoms with Gasteiger partial charge in [-0.05, 0) is 113 Å². The minimum absolute atomic E-state index is 0.0292. The molecule has 2 aromatic rings. The number of rotatable bonds is 32. The molecule has 1 aliphatic carbocycles. The van der Waals surface area contributed by atoms with E-state index in [9.17, 15) is 38.7 Å². The molecule has 4 atom stereocenters. The number of hydrogen-bond acceptors (Lipinski definition) is 12. The smallest absolute Gasteiger partial charge is 0.243 e. The Balaban J connectivity index is 1.70. The normalized spacial score (nSPS) is 14.3. The van der Waals surface area contributed by atoms with Crippen molar-refractivity contribution in [3.63, 3.8) is 0 Å². The molecule has 0 aliphatic heterocycles. The number of nitrogens with zero attached hydrogens (tertiary/aromatic N) is 1. The number of phenolic OH excluding ortho intramolecular Hbond substituents is 1. The monoisotopic (exact) mass is 974 g/mol. The average molecular weight is 974 g/mol. The van der Waals surface area contributed by atoms with Crippen LogP contribution in [0.1, 0.15) is 119 Å². The van der Waals surface area contributed by atoms with E-state index in [4.69, 9.17) is 32.4 Å². The summed E-state index contributed by atoms with van der Waals surface area (Å²) < 4.78 is 10.3. The molecule has 1 aliphatic rings. The van der Waals surface area contributed by atoms with Gasteiger partial charge in [-0.3, -0.25) is 38.6 Å². The van der Waals surface area contributed by atoms with Gasteiger partial charge in [0.25, 0.3) is 0 Å². The van der Waals surface area contributed by atoms with Crippen LogP contribution in [0.2, 0.25) is 0 Å². The molecule has 0 radical (unpaired) electrons. The first-order chi connectivity index (χ1) is 33.4. The Morgan fingerprint density at radius 3 is 1.76 bits per heavy atom. The highest BCUT2D eigenvalue weighted by atomic mass is 16.5. The largest absolute Gasteiger partial charge is 0.508 e. The number of aliphatic imine (C=N–C) groups is 1. The minimum atomic E-state index is -1.26. The van der Waals surface area contributed by atoms with Crippen LogP contribution in [0.5, 0.6) is 5.75 Å². The van der Waals surface area contributed by atoms with Gasteiger partial charge >= 0.3 is 0 Å². The van der Waals surface area contributed by atoms with Crippen molar-refractivity contribution >= 4 is 47.1 Å². The van der Waals surface area contributed by atoms with E-state index in [0.717, 1.165) is 37.7 Å². The summed E-state index contributed by atoms with van der Waals surface area (Å²) in [5.74, 6) is -4.03. The second-order valence-electron chi connectivity index (χ2n) is 17.7. The van der Waals surface area contributed by atoms with Crippen LogP contribution in [-0.4, -0.2) is 104 Å². The quantitative estimate of drug-likeness (QED) is 0.0221. The fourth-order valence-electron chi connectivity index (χ4n) is 8.36. The SMILES string of the molecule is COC1=C(OC)C(=O)C(CCCCCCCCCC(=O)N[C@H](CCCN=C(N)N)C(=O)N[C@@H](Cc2c(C)cc(O)cc2C)C(=O)N[C@@H](CCCCN)C(=O)N[C@@H](Cc2ccccc2)C(N)=O)=C(C)C1=O. The third kappa shape index (κ3) is 18.6. The highest BCUT2D eigenvalue weighted by Gasteiger charge is 2.35. The van der Waals surface area contributed by atoms with Gasteiger partial charge in [0.2, 0.25) is 52.6 Å². The van der Waals surface area contributed by atoms with Crippen molar-refractivity contribution in [1.82, 2.24) is 21.3 Å². The Bertz CT molecular complexity index is 2200. The molecule has 3 rings (SSSR count). The Morgan fingerprint density at radius 2 is 1.17 bits per heavy atom. The number of methoxy groups -OCH3 is 2. The summed E-state index contributed by atoms with van der Waals surface area (Å²) in [5, 5.41) is 21.5. The van der Waals surface area contributed by atoms with Gasteiger partial charge in [-0.15, -0.1) is 0 Å². The van der Waals surface area contributed by atoms with Gasteiger partial charge in [0.1, 0.15) is 29.9 Å². The number of guanidine groups is 1. The fourth-order valence-corrected chi connectivity index (χ4v) is 8.36. The maximum Gasteiger partial charge on any atom is 0.243 e. The van der Waals surface area contributed by atoms with Crippen molar-refractivity contribution in [3.8, 4) is 5.75 Å². The molecular weight excluding hydrogens is 899 g/mol. The number of amides is 5. The highest BCUT2D eigenvalue weighted by Crippen LogP contribution is 2.29. The van der Waals surface area contributed by atoms with E-state index in [1.54, 1.807) is 57.2 Å². The second-order valence-corrected chi connectivity index (χ2v) is 17.7. The zero-order valence-corrected chi connectivity index (χ0v) is 41.5. The van der Waals surface area contributed by atoms with Crippen LogP contribution in [0, 0.1) is 13.8 Å². The molecule has 0 saturated heterocycles. The Morgan fingerprint density at radius 1 is 0.643 bits per heavy atom. The van der Waals surface area contributed by atoms with Crippen molar-refractivity contribution < 1.29 is 48.1 Å². The van der Waals surface area contributed by atoms with Crippen molar-refractivity contribution in [2.24, 2.45) is 27.9 Å². The van der Waals surface area contributed by atoms with Crippen molar-refractivity contribution in [1.29, 1.82) is 0 Å². The number of Topliss-reactive ketones (excluding diaryl/α,β-unsaturated/α-hetero) is 2. The van der Waals surface area contributed by atoms with Gasteiger partial charge in [-0.2, -0.15) is 0 Å². The maximum atomic E-state index is 14.4. The van der Waals surface area contributed by atoms with Crippen molar-refractivity contribution in [3.05, 3.63) is 87.4 Å². The number of aryl methyl sites for hydroxylation is 2. The summed E-state index contributed by atoms with van der Waals surface area (Å²) in [5.41, 5.74) is 26.1. The lowest BCUT2D eigenvalue weighted by Gasteiger charge is -2.27. The minimum Gasteiger partial charge on any atom is -0.508 e. The number of nitrogens with one attached hydrogen (secondary N) is 4. The maximum absolute atomic E-state index is 14.4. The predicted molar refractivity (Wildman–Crippen MR) is 266 cm³/mol. The molecule has 0 bridgehead atoms. The van der Waals surface area contributed by atoms with Gasteiger partial charge in [0, 0.05) is 37.0 Å². The molecule has 0 heterocycles. The zero-order valence-electron chi connectivity index (χ0n) is 41.5. The molecule has 19 nitrogen and oxygen atoms in total. The first kappa shape index (κ1) is 57.6. The molecule has 70 heavy (non-hydrogen) atoms. The van der Waals surface area contributed by atoms with Crippen LogP contribution >= 0.6 is 0 Å². The second kappa shape index (κ2) is 30.0. The number of carbonyl (C=O) groups excluding carboxylic acids is 7. The number of ether oxygens (including phenoxy) is 2.